The summed E-state index contributed by atoms with van der Waals surface area (Å²) < 4.78 is 27.5. The van der Waals surface area contributed by atoms with Gasteiger partial charge in [-0.15, -0.1) is 0 Å². The third-order valence-electron chi connectivity index (χ3n) is 6.51. The zero-order valence-corrected chi connectivity index (χ0v) is 19.8. The number of nitrogens with one attached hydrogen (secondary N) is 1. The summed E-state index contributed by atoms with van der Waals surface area (Å²) in [6, 6.07) is 10.4. The summed E-state index contributed by atoms with van der Waals surface area (Å²) in [4.78, 5) is 27.5. The Morgan fingerprint density at radius 3 is 2.38 bits per heavy atom. The maximum atomic E-state index is 13.2. The molecule has 0 spiro atoms. The molecule has 2 aromatic carbocycles. The molecule has 2 aliphatic rings. The SMILES string of the molecule is Cc1ccc(NC(=O)CN2C(=O)C(C)(C)c3cc(S(=O)(=O)N4CCCC4)ccc32)cc1C. The molecule has 1 saturated heterocycles. The van der Waals surface area contributed by atoms with Gasteiger partial charge in [-0.25, -0.2) is 8.42 Å². The molecule has 7 nitrogen and oxygen atoms in total. The Balaban J connectivity index is 1.60. The van der Waals surface area contributed by atoms with Crippen LogP contribution in [0.25, 0.3) is 0 Å². The first-order valence-electron chi connectivity index (χ1n) is 10.9. The van der Waals surface area contributed by atoms with Gasteiger partial charge in [0.2, 0.25) is 21.8 Å². The summed E-state index contributed by atoms with van der Waals surface area (Å²) in [5.74, 6) is -0.530. The minimum absolute atomic E-state index is 0.138. The maximum Gasteiger partial charge on any atom is 0.244 e. The number of carbonyl (C=O) groups is 2. The second-order valence-corrected chi connectivity index (χ2v) is 11.1. The topological polar surface area (TPSA) is 86.8 Å². The molecule has 0 bridgehead atoms. The van der Waals surface area contributed by atoms with Crippen molar-refractivity contribution in [2.45, 2.75) is 50.8 Å². The van der Waals surface area contributed by atoms with E-state index in [9.17, 15) is 18.0 Å². The van der Waals surface area contributed by atoms with Gasteiger partial charge in [0.1, 0.15) is 6.54 Å². The summed E-state index contributed by atoms with van der Waals surface area (Å²) in [5, 5.41) is 2.85. The number of sulfonamides is 1. The molecular weight excluding hydrogens is 426 g/mol. The molecule has 0 aromatic heterocycles. The molecule has 0 unspecified atom stereocenters. The van der Waals surface area contributed by atoms with Gasteiger partial charge in [0.15, 0.2) is 0 Å². The molecule has 8 heteroatoms. The number of rotatable bonds is 5. The van der Waals surface area contributed by atoms with Crippen molar-refractivity contribution in [1.82, 2.24) is 4.31 Å². The molecule has 0 aliphatic carbocycles. The molecule has 2 aliphatic heterocycles. The van der Waals surface area contributed by atoms with E-state index in [2.05, 4.69) is 5.32 Å². The number of benzene rings is 2. The van der Waals surface area contributed by atoms with Gasteiger partial charge in [-0.05, 0) is 87.6 Å². The number of carbonyl (C=O) groups excluding carboxylic acids is 2. The first-order valence-corrected chi connectivity index (χ1v) is 12.3. The third-order valence-corrected chi connectivity index (χ3v) is 8.40. The van der Waals surface area contributed by atoms with Crippen molar-refractivity contribution in [1.29, 1.82) is 0 Å². The quantitative estimate of drug-likeness (QED) is 0.749. The van der Waals surface area contributed by atoms with E-state index in [1.807, 2.05) is 32.0 Å². The Hall–Kier alpha value is -2.71. The van der Waals surface area contributed by atoms with Crippen molar-refractivity contribution >= 4 is 33.2 Å². The van der Waals surface area contributed by atoms with E-state index in [1.165, 1.54) is 15.3 Å². The molecule has 4 rings (SSSR count). The van der Waals surface area contributed by atoms with Crippen LogP contribution >= 0.6 is 0 Å². The number of fused-ring (bicyclic) bond motifs is 1. The summed E-state index contributed by atoms with van der Waals surface area (Å²) in [6.07, 6.45) is 1.72. The molecule has 2 heterocycles. The number of nitrogens with zero attached hydrogens (tertiary/aromatic N) is 2. The predicted molar refractivity (Wildman–Crippen MR) is 124 cm³/mol. The average Bonchev–Trinajstić information content (AvgIpc) is 3.34. The van der Waals surface area contributed by atoms with Gasteiger partial charge >= 0.3 is 0 Å². The van der Waals surface area contributed by atoms with E-state index >= 15 is 0 Å². The molecule has 0 saturated carbocycles. The van der Waals surface area contributed by atoms with Gasteiger partial charge in [-0.1, -0.05) is 6.07 Å². The van der Waals surface area contributed by atoms with Crippen molar-refractivity contribution in [2.24, 2.45) is 0 Å². The Bertz CT molecular complexity index is 1200. The van der Waals surface area contributed by atoms with Crippen LogP contribution in [0.15, 0.2) is 41.3 Å². The lowest BCUT2D eigenvalue weighted by molar-refractivity contribution is -0.124. The predicted octanol–water partition coefficient (Wildman–Crippen LogP) is 3.35. The van der Waals surface area contributed by atoms with Crippen molar-refractivity contribution in [2.75, 3.05) is 29.9 Å². The van der Waals surface area contributed by atoms with Crippen LogP contribution < -0.4 is 10.2 Å². The van der Waals surface area contributed by atoms with E-state index < -0.39 is 15.4 Å². The standard InChI is InChI=1S/C24H29N3O4S/c1-16-7-8-18(13-17(16)2)25-22(28)15-27-21-10-9-19(14-20(21)24(3,4)23(27)29)32(30,31)26-11-5-6-12-26/h7-10,13-14H,5-6,11-12,15H2,1-4H3,(H,25,28). The second-order valence-electron chi connectivity index (χ2n) is 9.15. The summed E-state index contributed by atoms with van der Waals surface area (Å²) in [5.41, 5.74) is 3.16. The van der Waals surface area contributed by atoms with Crippen LogP contribution in [0.5, 0.6) is 0 Å². The van der Waals surface area contributed by atoms with Gasteiger partial charge < -0.3 is 10.2 Å². The van der Waals surface area contributed by atoms with Crippen LogP contribution in [0.3, 0.4) is 0 Å². The zero-order chi connectivity index (χ0) is 23.3. The highest BCUT2D eigenvalue weighted by molar-refractivity contribution is 7.89. The first-order chi connectivity index (χ1) is 15.0. The van der Waals surface area contributed by atoms with Crippen molar-refractivity contribution in [3.8, 4) is 0 Å². The fraction of sp³-hybridized carbons (Fsp3) is 0.417. The zero-order valence-electron chi connectivity index (χ0n) is 18.9. The molecule has 2 aromatic rings. The fourth-order valence-corrected chi connectivity index (χ4v) is 5.92. The van der Waals surface area contributed by atoms with Crippen LogP contribution in [-0.4, -0.2) is 44.2 Å². The Morgan fingerprint density at radius 1 is 1.03 bits per heavy atom. The minimum atomic E-state index is -3.59. The molecule has 1 fully saturated rings. The summed E-state index contributed by atoms with van der Waals surface area (Å²) in [6.45, 7) is 8.41. The van der Waals surface area contributed by atoms with E-state index in [4.69, 9.17) is 0 Å². The largest absolute Gasteiger partial charge is 0.325 e. The molecule has 0 radical (unpaired) electrons. The molecule has 0 atom stereocenters. The van der Waals surface area contributed by atoms with Crippen LogP contribution in [0.4, 0.5) is 11.4 Å². The molecule has 32 heavy (non-hydrogen) atoms. The normalized spacial score (nSPS) is 18.1. The summed E-state index contributed by atoms with van der Waals surface area (Å²) in [7, 11) is -3.59. The number of amides is 2. The van der Waals surface area contributed by atoms with Gasteiger partial charge in [-0.3, -0.25) is 9.59 Å². The highest BCUT2D eigenvalue weighted by Gasteiger charge is 2.45. The van der Waals surface area contributed by atoms with Crippen molar-refractivity contribution in [3.63, 3.8) is 0 Å². The molecule has 1 N–H and O–H groups in total. The Morgan fingerprint density at radius 2 is 1.72 bits per heavy atom. The van der Waals surface area contributed by atoms with E-state index in [-0.39, 0.29) is 23.3 Å². The minimum Gasteiger partial charge on any atom is -0.325 e. The monoisotopic (exact) mass is 455 g/mol. The van der Waals surface area contributed by atoms with E-state index in [0.29, 0.717) is 30.0 Å². The summed E-state index contributed by atoms with van der Waals surface area (Å²) >= 11 is 0. The van der Waals surface area contributed by atoms with Crippen LogP contribution in [0, 0.1) is 13.8 Å². The third kappa shape index (κ3) is 3.82. The second kappa shape index (κ2) is 8.01. The lowest BCUT2D eigenvalue weighted by Crippen LogP contribution is -2.40. The van der Waals surface area contributed by atoms with Crippen LogP contribution in [0.2, 0.25) is 0 Å². The van der Waals surface area contributed by atoms with Crippen LogP contribution in [0.1, 0.15) is 43.4 Å². The maximum absolute atomic E-state index is 13.2. The van der Waals surface area contributed by atoms with Gasteiger partial charge in [0.05, 0.1) is 10.3 Å². The number of hydrogen-bond donors (Lipinski definition) is 1. The molecule has 170 valence electrons. The Kier molecular flexibility index (Phi) is 5.63. The van der Waals surface area contributed by atoms with E-state index in [0.717, 1.165) is 24.0 Å². The first kappa shape index (κ1) is 22.5. The fourth-order valence-electron chi connectivity index (χ4n) is 4.37. The number of aryl methyl sites for hydroxylation is 2. The smallest absolute Gasteiger partial charge is 0.244 e. The van der Waals surface area contributed by atoms with Gasteiger partial charge in [0, 0.05) is 24.5 Å². The lowest BCUT2D eigenvalue weighted by Gasteiger charge is -2.20. The van der Waals surface area contributed by atoms with Crippen molar-refractivity contribution in [3.05, 3.63) is 53.1 Å². The average molecular weight is 456 g/mol. The van der Waals surface area contributed by atoms with Crippen LogP contribution in [-0.2, 0) is 25.0 Å². The van der Waals surface area contributed by atoms with Gasteiger partial charge in [0.25, 0.3) is 0 Å². The highest BCUT2D eigenvalue weighted by Crippen LogP contribution is 2.43. The molecular formula is C24H29N3O4S. The van der Waals surface area contributed by atoms with Crippen molar-refractivity contribution < 1.29 is 18.0 Å². The van der Waals surface area contributed by atoms with E-state index in [1.54, 1.807) is 26.0 Å². The lowest BCUT2D eigenvalue weighted by atomic mass is 9.86. The van der Waals surface area contributed by atoms with Gasteiger partial charge in [-0.2, -0.15) is 4.31 Å². The highest BCUT2D eigenvalue weighted by atomic mass is 32.2. The number of hydrogen-bond acceptors (Lipinski definition) is 4. The Labute approximate surface area is 189 Å². The molecule has 2 amide bonds. The number of anilines is 2.